The van der Waals surface area contributed by atoms with Gasteiger partial charge in [0.25, 0.3) is 5.56 Å². The Morgan fingerprint density at radius 3 is 2.70 bits per heavy atom. The Hall–Kier alpha value is -4.04. The lowest BCUT2D eigenvalue weighted by molar-refractivity contribution is -0.0335. The highest BCUT2D eigenvalue weighted by atomic mass is 16.3. The number of benzene rings is 2. The van der Waals surface area contributed by atoms with Gasteiger partial charge in [-0.3, -0.25) is 9.20 Å². The summed E-state index contributed by atoms with van der Waals surface area (Å²) in [5.74, 6) is 1.34. The first-order valence-electron chi connectivity index (χ1n) is 10.8. The van der Waals surface area contributed by atoms with Crippen LogP contribution in [0.3, 0.4) is 0 Å². The van der Waals surface area contributed by atoms with Gasteiger partial charge in [0.15, 0.2) is 0 Å². The highest BCUT2D eigenvalue weighted by molar-refractivity contribution is 5.91. The van der Waals surface area contributed by atoms with E-state index in [1.807, 2.05) is 66.1 Å². The van der Waals surface area contributed by atoms with E-state index in [0.29, 0.717) is 40.9 Å². The van der Waals surface area contributed by atoms with Gasteiger partial charge in [-0.2, -0.15) is 9.78 Å². The minimum absolute atomic E-state index is 0.128. The maximum Gasteiger partial charge on any atom is 0.279 e. The van der Waals surface area contributed by atoms with Crippen LogP contribution >= 0.6 is 0 Å². The zero-order chi connectivity index (χ0) is 22.7. The average Bonchev–Trinajstić information content (AvgIpc) is 3.19. The molecule has 1 aliphatic carbocycles. The van der Waals surface area contributed by atoms with Crippen molar-refractivity contribution in [2.45, 2.75) is 31.3 Å². The average molecular weight is 438 g/mol. The van der Waals surface area contributed by atoms with E-state index < -0.39 is 5.60 Å². The first-order chi connectivity index (χ1) is 15.9. The second-order valence-electron chi connectivity index (χ2n) is 8.95. The number of nitrogen functional groups attached to an aromatic ring is 1. The normalized spacial score (nSPS) is 20.2. The third-order valence-corrected chi connectivity index (χ3v) is 6.41. The number of aliphatic hydroxyl groups is 1. The van der Waals surface area contributed by atoms with E-state index in [2.05, 4.69) is 10.1 Å². The highest BCUT2D eigenvalue weighted by Gasteiger charge is 2.41. The zero-order valence-electron chi connectivity index (χ0n) is 18.0. The summed E-state index contributed by atoms with van der Waals surface area (Å²) in [6.07, 6.45) is 6.46. The molecule has 0 saturated heterocycles. The molecule has 6 rings (SSSR count). The number of aromatic nitrogens is 5. The van der Waals surface area contributed by atoms with Gasteiger partial charge in [-0.1, -0.05) is 30.3 Å². The third kappa shape index (κ3) is 3.10. The topological polar surface area (TPSA) is 111 Å². The van der Waals surface area contributed by atoms with Gasteiger partial charge >= 0.3 is 0 Å². The van der Waals surface area contributed by atoms with Crippen LogP contribution in [0.5, 0.6) is 0 Å². The van der Waals surface area contributed by atoms with Crippen molar-refractivity contribution in [1.82, 2.24) is 24.1 Å². The van der Waals surface area contributed by atoms with Crippen molar-refractivity contribution in [3.05, 3.63) is 83.3 Å². The molecule has 8 nitrogen and oxygen atoms in total. The lowest BCUT2D eigenvalue weighted by Crippen LogP contribution is -2.40. The largest absolute Gasteiger partial charge is 0.390 e. The number of hydrogen-bond donors (Lipinski definition) is 2. The number of para-hydroxylation sites is 1. The number of hydrogen-bond acceptors (Lipinski definition) is 6. The number of rotatable bonds is 3. The van der Waals surface area contributed by atoms with Crippen molar-refractivity contribution >= 4 is 22.1 Å². The quantitative estimate of drug-likeness (QED) is 0.447. The number of fused-ring (bicyclic) bond motifs is 2. The number of nitrogens with zero attached hydrogens (tertiary/aromatic N) is 5. The summed E-state index contributed by atoms with van der Waals surface area (Å²) in [5.41, 5.74) is 8.25. The maximum absolute atomic E-state index is 13.3. The van der Waals surface area contributed by atoms with Crippen molar-refractivity contribution in [3.63, 3.8) is 0 Å². The molecule has 8 heteroatoms. The molecule has 1 fully saturated rings. The molecule has 5 aromatic rings. The van der Waals surface area contributed by atoms with Crippen molar-refractivity contribution in [2.75, 3.05) is 5.73 Å². The van der Waals surface area contributed by atoms with Gasteiger partial charge < -0.3 is 10.8 Å². The molecule has 1 saturated carbocycles. The number of anilines is 1. The van der Waals surface area contributed by atoms with E-state index in [9.17, 15) is 9.90 Å². The van der Waals surface area contributed by atoms with Crippen LogP contribution in [0.25, 0.3) is 33.2 Å². The van der Waals surface area contributed by atoms with Gasteiger partial charge in [0.1, 0.15) is 22.9 Å². The van der Waals surface area contributed by atoms with Crippen LogP contribution in [0, 0.1) is 0 Å². The highest BCUT2D eigenvalue weighted by Crippen LogP contribution is 2.45. The Bertz CT molecular complexity index is 1580. The summed E-state index contributed by atoms with van der Waals surface area (Å²) in [6.45, 7) is 1.84. The summed E-state index contributed by atoms with van der Waals surface area (Å²) < 4.78 is 3.35. The summed E-state index contributed by atoms with van der Waals surface area (Å²) in [7, 11) is 0. The minimum Gasteiger partial charge on any atom is -0.390 e. The molecular formula is C25H22N6O2. The predicted octanol–water partition coefficient (Wildman–Crippen LogP) is 3.31. The Balaban J connectivity index is 1.54. The molecule has 0 radical (unpaired) electrons. The SMILES string of the molecule is CC1(O)CC(c2nc(-c3ccc4cnn(-c5ccccc5)c(=O)c4c3)c3c(N)nccn23)C1. The number of nitrogens with two attached hydrogens (primary N) is 1. The first-order valence-corrected chi connectivity index (χ1v) is 10.8. The van der Waals surface area contributed by atoms with Gasteiger partial charge in [0.2, 0.25) is 0 Å². The van der Waals surface area contributed by atoms with Crippen LogP contribution in [0.4, 0.5) is 5.82 Å². The molecule has 0 bridgehead atoms. The Morgan fingerprint density at radius 1 is 1.15 bits per heavy atom. The Morgan fingerprint density at radius 2 is 1.94 bits per heavy atom. The smallest absolute Gasteiger partial charge is 0.279 e. The van der Waals surface area contributed by atoms with Crippen LogP contribution in [-0.2, 0) is 0 Å². The molecule has 2 aromatic carbocycles. The monoisotopic (exact) mass is 438 g/mol. The molecule has 164 valence electrons. The predicted molar refractivity (Wildman–Crippen MR) is 126 cm³/mol. The maximum atomic E-state index is 13.3. The van der Waals surface area contributed by atoms with Crippen molar-refractivity contribution in [2.24, 2.45) is 0 Å². The fraction of sp³-hybridized carbons (Fsp3) is 0.200. The fourth-order valence-electron chi connectivity index (χ4n) is 4.80. The van der Waals surface area contributed by atoms with Gasteiger partial charge in [-0.05, 0) is 38.0 Å². The molecule has 0 unspecified atom stereocenters. The van der Waals surface area contributed by atoms with E-state index in [1.165, 1.54) is 4.68 Å². The lowest BCUT2D eigenvalue weighted by Gasteiger charge is -2.40. The second-order valence-corrected chi connectivity index (χ2v) is 8.95. The van der Waals surface area contributed by atoms with Crippen molar-refractivity contribution in [1.29, 1.82) is 0 Å². The van der Waals surface area contributed by atoms with Gasteiger partial charge in [-0.25, -0.2) is 9.97 Å². The van der Waals surface area contributed by atoms with Crippen LogP contribution < -0.4 is 11.3 Å². The summed E-state index contributed by atoms with van der Waals surface area (Å²) in [4.78, 5) is 22.5. The standard InChI is InChI=1S/C25H22N6O2/c1-25(33)12-17(13-25)23-29-20(21-22(26)27-9-10-30(21)23)15-7-8-16-14-28-31(24(32)19(16)11-15)18-5-3-2-4-6-18/h2-11,14,17,33H,12-13H2,1H3,(H2,26,27). The van der Waals surface area contributed by atoms with Crippen LogP contribution in [0.1, 0.15) is 31.5 Å². The fourth-order valence-corrected chi connectivity index (χ4v) is 4.80. The van der Waals surface area contributed by atoms with Gasteiger partial charge in [0, 0.05) is 29.3 Å². The number of imidazole rings is 1. The molecule has 0 aliphatic heterocycles. The molecule has 33 heavy (non-hydrogen) atoms. The zero-order valence-corrected chi connectivity index (χ0v) is 18.0. The molecule has 0 amide bonds. The second kappa shape index (κ2) is 6.98. The lowest BCUT2D eigenvalue weighted by atomic mass is 9.72. The summed E-state index contributed by atoms with van der Waals surface area (Å²) in [6, 6.07) is 15.0. The van der Waals surface area contributed by atoms with E-state index in [4.69, 9.17) is 10.7 Å². The Labute approximate surface area is 189 Å². The van der Waals surface area contributed by atoms with Crippen LogP contribution in [0.2, 0.25) is 0 Å². The molecule has 1 aliphatic rings. The van der Waals surface area contributed by atoms with E-state index in [-0.39, 0.29) is 11.5 Å². The summed E-state index contributed by atoms with van der Waals surface area (Å²) >= 11 is 0. The molecule has 3 heterocycles. The molecule has 0 spiro atoms. The molecule has 0 atom stereocenters. The Kier molecular flexibility index (Phi) is 4.15. The van der Waals surface area contributed by atoms with Crippen molar-refractivity contribution in [3.8, 4) is 16.9 Å². The van der Waals surface area contributed by atoms with Gasteiger partial charge in [-0.15, -0.1) is 0 Å². The molecule has 3 aromatic heterocycles. The minimum atomic E-state index is -0.673. The van der Waals surface area contributed by atoms with Crippen molar-refractivity contribution < 1.29 is 5.11 Å². The van der Waals surface area contributed by atoms with E-state index in [1.54, 1.807) is 12.4 Å². The van der Waals surface area contributed by atoms with Crippen LogP contribution in [-0.4, -0.2) is 34.9 Å². The summed E-state index contributed by atoms with van der Waals surface area (Å²) in [5, 5.41) is 15.9. The van der Waals surface area contributed by atoms with E-state index >= 15 is 0 Å². The molecule has 3 N–H and O–H groups in total. The van der Waals surface area contributed by atoms with Crippen LogP contribution in [0.15, 0.2) is 71.9 Å². The third-order valence-electron chi connectivity index (χ3n) is 6.41. The van der Waals surface area contributed by atoms with Gasteiger partial charge in [0.05, 0.1) is 22.9 Å². The first kappa shape index (κ1) is 19.6. The molecular weight excluding hydrogens is 416 g/mol. The van der Waals surface area contributed by atoms with E-state index in [0.717, 1.165) is 16.8 Å².